The van der Waals surface area contributed by atoms with Crippen LogP contribution in [0.15, 0.2) is 82.8 Å². The van der Waals surface area contributed by atoms with Crippen molar-refractivity contribution in [3.8, 4) is 0 Å². The third-order valence-corrected chi connectivity index (χ3v) is 4.37. The van der Waals surface area contributed by atoms with Crippen molar-refractivity contribution in [3.63, 3.8) is 0 Å². The number of nitrogens with one attached hydrogen (secondary N) is 2. The van der Waals surface area contributed by atoms with Crippen LogP contribution in [0.25, 0.3) is 0 Å². The first-order valence-electron chi connectivity index (χ1n) is 8.98. The van der Waals surface area contributed by atoms with Crippen LogP contribution in [0.1, 0.15) is 29.0 Å². The van der Waals surface area contributed by atoms with Gasteiger partial charge in [-0.1, -0.05) is 42.5 Å². The molecule has 0 bridgehead atoms. The van der Waals surface area contributed by atoms with Crippen molar-refractivity contribution in [2.24, 2.45) is 5.10 Å². The van der Waals surface area contributed by atoms with Crippen molar-refractivity contribution < 1.29 is 13.2 Å². The van der Waals surface area contributed by atoms with Crippen LogP contribution in [0.2, 0.25) is 0 Å². The minimum atomic E-state index is -4.30. The average molecular weight is 400 g/mol. The molecule has 1 aliphatic heterocycles. The second-order valence-corrected chi connectivity index (χ2v) is 6.35. The highest BCUT2D eigenvalue weighted by Gasteiger charge is 2.31. The molecule has 1 unspecified atom stereocenters. The van der Waals surface area contributed by atoms with Gasteiger partial charge in [-0.2, -0.15) is 23.4 Å². The zero-order chi connectivity index (χ0) is 20.7. The van der Waals surface area contributed by atoms with E-state index in [1.165, 1.54) is 12.3 Å². The Kier molecular flexibility index (Phi) is 6.43. The van der Waals surface area contributed by atoms with Crippen LogP contribution in [0.3, 0.4) is 0 Å². The zero-order valence-electron chi connectivity index (χ0n) is 15.4. The molecule has 0 radical (unpaired) electrons. The first kappa shape index (κ1) is 20.3. The number of benzene rings is 2. The molecule has 1 aliphatic rings. The third-order valence-electron chi connectivity index (χ3n) is 4.37. The topological polar surface area (TPSA) is 70.1 Å². The molecular weight excluding hydrogens is 381 g/mol. The van der Waals surface area contributed by atoms with Crippen molar-refractivity contribution in [2.45, 2.75) is 18.5 Å². The molecule has 0 saturated carbocycles. The first-order chi connectivity index (χ1) is 13.9. The van der Waals surface area contributed by atoms with Crippen molar-refractivity contribution in [1.29, 1.82) is 0 Å². The van der Waals surface area contributed by atoms with E-state index in [1.807, 2.05) is 30.3 Å². The van der Waals surface area contributed by atoms with E-state index in [1.54, 1.807) is 18.2 Å². The smallest absolute Gasteiger partial charge is 0.310 e. The lowest BCUT2D eigenvalue weighted by Gasteiger charge is -2.24. The number of halogens is 3. The van der Waals surface area contributed by atoms with E-state index in [-0.39, 0.29) is 11.5 Å². The Morgan fingerprint density at radius 2 is 1.66 bits per heavy atom. The number of H-pyrrole nitrogens is 1. The quantitative estimate of drug-likeness (QED) is 0.684. The van der Waals surface area contributed by atoms with Gasteiger partial charge in [-0.25, -0.2) is 5.10 Å². The third kappa shape index (κ3) is 5.54. The van der Waals surface area contributed by atoms with E-state index >= 15 is 0 Å². The first-order valence-corrected chi connectivity index (χ1v) is 8.98. The number of hydrazone groups is 1. The fourth-order valence-electron chi connectivity index (χ4n) is 2.98. The van der Waals surface area contributed by atoms with Crippen LogP contribution in [-0.2, 0) is 6.18 Å². The molecule has 0 saturated heterocycles. The van der Waals surface area contributed by atoms with Gasteiger partial charge in [-0.05, 0) is 35.7 Å². The molecule has 0 spiro atoms. The summed E-state index contributed by atoms with van der Waals surface area (Å²) in [6, 6.07) is 18.1. The summed E-state index contributed by atoms with van der Waals surface area (Å²) in [5.41, 5.74) is 4.90. The standard InChI is InChI=1S/C17H15F3N2.C4H4N2O/c18-17(19,20)14-8-6-12(7-9-14)15-10-11-21-22-16(15)13-4-2-1-3-5-13;7-4-2-1-3-5-6-4/h1-9,15,21H,10-11H2;1-3H,(H,6,7). The van der Waals surface area contributed by atoms with E-state index < -0.39 is 11.7 Å². The van der Waals surface area contributed by atoms with Crippen LogP contribution < -0.4 is 11.0 Å². The molecule has 4 rings (SSSR count). The summed E-state index contributed by atoms with van der Waals surface area (Å²) in [6.07, 6.45) is -1.98. The number of alkyl halides is 3. The molecule has 1 atom stereocenters. The van der Waals surface area contributed by atoms with Gasteiger partial charge in [0.1, 0.15) is 0 Å². The summed E-state index contributed by atoms with van der Waals surface area (Å²) in [5, 5.41) is 10.0. The average Bonchev–Trinajstić information content (AvgIpc) is 2.75. The normalized spacial score (nSPS) is 16.1. The molecule has 2 aromatic carbocycles. The second-order valence-electron chi connectivity index (χ2n) is 6.35. The van der Waals surface area contributed by atoms with E-state index in [9.17, 15) is 18.0 Å². The molecule has 8 heteroatoms. The lowest BCUT2D eigenvalue weighted by Crippen LogP contribution is -2.27. The Morgan fingerprint density at radius 1 is 0.931 bits per heavy atom. The fraction of sp³-hybridized carbons (Fsp3) is 0.190. The largest absolute Gasteiger partial charge is 0.416 e. The van der Waals surface area contributed by atoms with Gasteiger partial charge in [0.15, 0.2) is 0 Å². The zero-order valence-corrected chi connectivity index (χ0v) is 15.4. The molecule has 3 aromatic rings. The molecule has 2 heterocycles. The number of aromatic nitrogens is 2. The van der Waals surface area contributed by atoms with Crippen LogP contribution >= 0.6 is 0 Å². The number of hydrogen-bond donors (Lipinski definition) is 2. The minimum Gasteiger partial charge on any atom is -0.310 e. The van der Waals surface area contributed by atoms with Crippen molar-refractivity contribution in [1.82, 2.24) is 15.6 Å². The molecule has 0 fully saturated rings. The fourth-order valence-corrected chi connectivity index (χ4v) is 2.98. The van der Waals surface area contributed by atoms with Gasteiger partial charge in [0.25, 0.3) is 5.56 Å². The van der Waals surface area contributed by atoms with Gasteiger partial charge in [-0.15, -0.1) is 0 Å². The van der Waals surface area contributed by atoms with Gasteiger partial charge >= 0.3 is 6.18 Å². The Bertz CT molecular complexity index is 981. The van der Waals surface area contributed by atoms with Gasteiger partial charge in [0, 0.05) is 24.7 Å². The summed E-state index contributed by atoms with van der Waals surface area (Å²) >= 11 is 0. The summed E-state index contributed by atoms with van der Waals surface area (Å²) in [7, 11) is 0. The summed E-state index contributed by atoms with van der Waals surface area (Å²) in [4.78, 5) is 10.2. The molecule has 29 heavy (non-hydrogen) atoms. The van der Waals surface area contributed by atoms with E-state index in [2.05, 4.69) is 20.7 Å². The lowest BCUT2D eigenvalue weighted by atomic mass is 9.86. The van der Waals surface area contributed by atoms with Crippen LogP contribution in [0.4, 0.5) is 13.2 Å². The summed E-state index contributed by atoms with van der Waals surface area (Å²) in [5.74, 6) is 0.00549. The number of nitrogens with zero attached hydrogens (tertiary/aromatic N) is 2. The van der Waals surface area contributed by atoms with Gasteiger partial charge in [-0.3, -0.25) is 4.79 Å². The highest BCUT2D eigenvalue weighted by atomic mass is 19.4. The van der Waals surface area contributed by atoms with Gasteiger partial charge in [0.05, 0.1) is 11.3 Å². The molecule has 2 N–H and O–H groups in total. The monoisotopic (exact) mass is 400 g/mol. The number of aromatic amines is 1. The maximum Gasteiger partial charge on any atom is 0.416 e. The van der Waals surface area contributed by atoms with Crippen LogP contribution in [-0.4, -0.2) is 22.5 Å². The molecule has 0 aliphatic carbocycles. The Balaban J connectivity index is 0.000000290. The van der Waals surface area contributed by atoms with E-state index in [4.69, 9.17) is 0 Å². The Morgan fingerprint density at radius 3 is 2.21 bits per heavy atom. The van der Waals surface area contributed by atoms with E-state index in [0.29, 0.717) is 6.54 Å². The van der Waals surface area contributed by atoms with Gasteiger partial charge in [0.2, 0.25) is 0 Å². The molecule has 5 nitrogen and oxygen atoms in total. The molecule has 1 aromatic heterocycles. The number of rotatable bonds is 2. The maximum absolute atomic E-state index is 12.7. The summed E-state index contributed by atoms with van der Waals surface area (Å²) in [6.45, 7) is 0.710. The van der Waals surface area contributed by atoms with Crippen LogP contribution in [0.5, 0.6) is 0 Å². The maximum atomic E-state index is 12.7. The van der Waals surface area contributed by atoms with Crippen molar-refractivity contribution in [2.75, 3.05) is 6.54 Å². The van der Waals surface area contributed by atoms with Crippen LogP contribution in [0, 0.1) is 0 Å². The molecular formula is C21H19F3N4O. The highest BCUT2D eigenvalue weighted by molar-refractivity contribution is 6.05. The van der Waals surface area contributed by atoms with Gasteiger partial charge < -0.3 is 5.43 Å². The summed E-state index contributed by atoms with van der Waals surface area (Å²) < 4.78 is 38.0. The SMILES string of the molecule is FC(F)(F)c1ccc(C2CCNN=C2c2ccccc2)cc1.O=c1cccn[nH]1. The van der Waals surface area contributed by atoms with Crippen molar-refractivity contribution in [3.05, 3.63) is 100.0 Å². The van der Waals surface area contributed by atoms with Crippen molar-refractivity contribution >= 4 is 5.71 Å². The van der Waals surface area contributed by atoms with E-state index in [0.717, 1.165) is 35.4 Å². The molecule has 0 amide bonds. The molecule has 150 valence electrons. The predicted octanol–water partition coefficient (Wildman–Crippen LogP) is 3.96. The second kappa shape index (κ2) is 9.18. The number of hydrogen-bond acceptors (Lipinski definition) is 4. The Labute approximate surface area is 165 Å². The Hall–Kier alpha value is -3.42. The minimum absolute atomic E-state index is 0.00549. The predicted molar refractivity (Wildman–Crippen MR) is 105 cm³/mol. The lowest BCUT2D eigenvalue weighted by molar-refractivity contribution is -0.137. The highest BCUT2D eigenvalue weighted by Crippen LogP contribution is 2.32.